The van der Waals surface area contributed by atoms with Gasteiger partial charge in [0.25, 0.3) is 0 Å². The Bertz CT molecular complexity index is 475. The first-order chi connectivity index (χ1) is 9.53. The molecule has 0 heterocycles. The van der Waals surface area contributed by atoms with E-state index in [2.05, 4.69) is 12.2 Å². The SMILES string of the molecule is Cc1cccc(NC(=O)COC2(CN)CCC(C)C2)c1. The molecular formula is C16H24N2O2. The van der Waals surface area contributed by atoms with Crippen LogP contribution >= 0.6 is 0 Å². The summed E-state index contributed by atoms with van der Waals surface area (Å²) in [6.45, 7) is 4.75. The third-order valence-electron chi connectivity index (χ3n) is 4.00. The summed E-state index contributed by atoms with van der Waals surface area (Å²) in [7, 11) is 0. The molecule has 20 heavy (non-hydrogen) atoms. The van der Waals surface area contributed by atoms with Crippen LogP contribution in [0.25, 0.3) is 0 Å². The van der Waals surface area contributed by atoms with Crippen LogP contribution in [-0.4, -0.2) is 24.7 Å². The number of hydrogen-bond donors (Lipinski definition) is 2. The summed E-state index contributed by atoms with van der Waals surface area (Å²) >= 11 is 0. The minimum Gasteiger partial charge on any atom is -0.364 e. The van der Waals surface area contributed by atoms with Gasteiger partial charge in [-0.3, -0.25) is 4.79 Å². The van der Waals surface area contributed by atoms with Gasteiger partial charge in [-0.05, 0) is 49.8 Å². The van der Waals surface area contributed by atoms with E-state index in [-0.39, 0.29) is 18.1 Å². The van der Waals surface area contributed by atoms with Crippen molar-refractivity contribution in [3.63, 3.8) is 0 Å². The Hall–Kier alpha value is -1.39. The van der Waals surface area contributed by atoms with Crippen molar-refractivity contribution in [3.05, 3.63) is 29.8 Å². The molecule has 3 N–H and O–H groups in total. The number of carbonyl (C=O) groups excluding carboxylic acids is 1. The number of anilines is 1. The van der Waals surface area contributed by atoms with E-state index in [0.29, 0.717) is 12.5 Å². The number of ether oxygens (including phenoxy) is 1. The fourth-order valence-corrected chi connectivity index (χ4v) is 2.86. The first-order valence-corrected chi connectivity index (χ1v) is 7.23. The highest BCUT2D eigenvalue weighted by Crippen LogP contribution is 2.36. The highest BCUT2D eigenvalue weighted by atomic mass is 16.5. The number of carbonyl (C=O) groups is 1. The Balaban J connectivity index is 1.86. The number of hydrogen-bond acceptors (Lipinski definition) is 3. The normalized spacial score (nSPS) is 25.6. The van der Waals surface area contributed by atoms with Crippen LogP contribution < -0.4 is 11.1 Å². The van der Waals surface area contributed by atoms with E-state index in [0.717, 1.165) is 30.5 Å². The highest BCUT2D eigenvalue weighted by Gasteiger charge is 2.37. The van der Waals surface area contributed by atoms with E-state index in [9.17, 15) is 4.79 Å². The molecule has 0 aromatic heterocycles. The van der Waals surface area contributed by atoms with Crippen LogP contribution in [0.15, 0.2) is 24.3 Å². The van der Waals surface area contributed by atoms with Gasteiger partial charge in [0, 0.05) is 12.2 Å². The zero-order valence-electron chi connectivity index (χ0n) is 12.3. The molecule has 110 valence electrons. The van der Waals surface area contributed by atoms with Crippen molar-refractivity contribution in [2.75, 3.05) is 18.5 Å². The predicted octanol–water partition coefficient (Wildman–Crippen LogP) is 2.47. The third-order valence-corrected chi connectivity index (χ3v) is 4.00. The van der Waals surface area contributed by atoms with Gasteiger partial charge in [-0.15, -0.1) is 0 Å². The van der Waals surface area contributed by atoms with Crippen molar-refractivity contribution in [3.8, 4) is 0 Å². The van der Waals surface area contributed by atoms with Gasteiger partial charge in [-0.1, -0.05) is 19.1 Å². The van der Waals surface area contributed by atoms with E-state index >= 15 is 0 Å². The largest absolute Gasteiger partial charge is 0.364 e. The number of nitrogens with one attached hydrogen (secondary N) is 1. The minimum absolute atomic E-state index is 0.0673. The first kappa shape index (κ1) is 15.0. The molecule has 0 radical (unpaired) electrons. The van der Waals surface area contributed by atoms with Crippen molar-refractivity contribution >= 4 is 11.6 Å². The van der Waals surface area contributed by atoms with Gasteiger partial charge in [-0.2, -0.15) is 0 Å². The molecule has 0 aliphatic heterocycles. The lowest BCUT2D eigenvalue weighted by atomic mass is 10.0. The number of nitrogens with two attached hydrogens (primary N) is 1. The maximum absolute atomic E-state index is 11.9. The zero-order valence-corrected chi connectivity index (χ0v) is 12.3. The Labute approximate surface area is 120 Å². The lowest BCUT2D eigenvalue weighted by Gasteiger charge is -2.27. The van der Waals surface area contributed by atoms with Crippen molar-refractivity contribution in [1.29, 1.82) is 0 Å². The molecule has 4 heteroatoms. The summed E-state index contributed by atoms with van der Waals surface area (Å²) < 4.78 is 5.84. The van der Waals surface area contributed by atoms with E-state index in [1.54, 1.807) is 0 Å². The molecule has 1 aliphatic rings. The van der Waals surface area contributed by atoms with Crippen LogP contribution in [0.1, 0.15) is 31.7 Å². The van der Waals surface area contributed by atoms with Gasteiger partial charge >= 0.3 is 0 Å². The van der Waals surface area contributed by atoms with Gasteiger partial charge in [0.1, 0.15) is 6.61 Å². The van der Waals surface area contributed by atoms with Crippen LogP contribution in [0, 0.1) is 12.8 Å². The molecule has 1 saturated carbocycles. The third kappa shape index (κ3) is 3.81. The number of rotatable bonds is 5. The van der Waals surface area contributed by atoms with E-state index in [1.807, 2.05) is 31.2 Å². The lowest BCUT2D eigenvalue weighted by Crippen LogP contribution is -2.40. The summed E-state index contributed by atoms with van der Waals surface area (Å²) in [6.07, 6.45) is 3.01. The molecule has 2 atom stereocenters. The minimum atomic E-state index is -0.302. The van der Waals surface area contributed by atoms with Crippen molar-refractivity contribution in [1.82, 2.24) is 0 Å². The lowest BCUT2D eigenvalue weighted by molar-refractivity contribution is -0.127. The van der Waals surface area contributed by atoms with E-state index < -0.39 is 0 Å². The maximum Gasteiger partial charge on any atom is 0.250 e. The van der Waals surface area contributed by atoms with Crippen molar-refractivity contribution in [2.45, 2.75) is 38.7 Å². The van der Waals surface area contributed by atoms with E-state index in [1.165, 1.54) is 0 Å². The van der Waals surface area contributed by atoms with Gasteiger partial charge in [0.15, 0.2) is 0 Å². The maximum atomic E-state index is 11.9. The molecule has 2 rings (SSSR count). The summed E-state index contributed by atoms with van der Waals surface area (Å²) in [5, 5.41) is 2.85. The molecule has 0 saturated heterocycles. The van der Waals surface area contributed by atoms with Crippen LogP contribution in [0.2, 0.25) is 0 Å². The topological polar surface area (TPSA) is 64.3 Å². The van der Waals surface area contributed by atoms with Gasteiger partial charge in [0.05, 0.1) is 5.60 Å². The monoisotopic (exact) mass is 276 g/mol. The van der Waals surface area contributed by atoms with Crippen molar-refractivity contribution in [2.24, 2.45) is 11.7 Å². The summed E-state index contributed by atoms with van der Waals surface area (Å²) in [5.41, 5.74) is 7.45. The summed E-state index contributed by atoms with van der Waals surface area (Å²) in [6, 6.07) is 7.73. The Kier molecular flexibility index (Phi) is 4.78. The number of aryl methyl sites for hydroxylation is 1. The Morgan fingerprint density at radius 3 is 2.95 bits per heavy atom. The quantitative estimate of drug-likeness (QED) is 0.868. The molecule has 1 amide bonds. The predicted molar refractivity (Wildman–Crippen MR) is 80.6 cm³/mol. The number of benzene rings is 1. The average molecular weight is 276 g/mol. The molecule has 1 aromatic carbocycles. The molecule has 0 spiro atoms. The molecular weight excluding hydrogens is 252 g/mol. The smallest absolute Gasteiger partial charge is 0.250 e. The van der Waals surface area contributed by atoms with Crippen LogP contribution in [0.5, 0.6) is 0 Å². The average Bonchev–Trinajstić information content (AvgIpc) is 2.79. The fourth-order valence-electron chi connectivity index (χ4n) is 2.86. The van der Waals surface area contributed by atoms with Crippen LogP contribution in [-0.2, 0) is 9.53 Å². The van der Waals surface area contributed by atoms with Gasteiger partial charge < -0.3 is 15.8 Å². The summed E-state index contributed by atoms with van der Waals surface area (Å²) in [5.74, 6) is 0.501. The van der Waals surface area contributed by atoms with E-state index in [4.69, 9.17) is 10.5 Å². The first-order valence-electron chi connectivity index (χ1n) is 7.23. The summed E-state index contributed by atoms with van der Waals surface area (Å²) in [4.78, 5) is 11.9. The standard InChI is InChI=1S/C16H24N2O2/c1-12-4-3-5-14(8-12)18-15(19)10-20-16(11-17)7-6-13(2)9-16/h3-5,8,13H,6-7,9-11,17H2,1-2H3,(H,18,19). The second-order valence-electron chi connectivity index (χ2n) is 5.94. The van der Waals surface area contributed by atoms with Gasteiger partial charge in [-0.25, -0.2) is 0 Å². The molecule has 4 nitrogen and oxygen atoms in total. The zero-order chi connectivity index (χ0) is 14.6. The van der Waals surface area contributed by atoms with Gasteiger partial charge in [0.2, 0.25) is 5.91 Å². The molecule has 1 aromatic rings. The Morgan fingerprint density at radius 1 is 1.55 bits per heavy atom. The van der Waals surface area contributed by atoms with Crippen LogP contribution in [0.4, 0.5) is 5.69 Å². The molecule has 1 aliphatic carbocycles. The van der Waals surface area contributed by atoms with Crippen LogP contribution in [0.3, 0.4) is 0 Å². The Morgan fingerprint density at radius 2 is 2.35 bits per heavy atom. The fraction of sp³-hybridized carbons (Fsp3) is 0.562. The van der Waals surface area contributed by atoms with Crippen molar-refractivity contribution < 1.29 is 9.53 Å². The highest BCUT2D eigenvalue weighted by molar-refractivity contribution is 5.91. The number of amides is 1. The molecule has 0 bridgehead atoms. The molecule has 1 fully saturated rings. The molecule has 2 unspecified atom stereocenters. The second kappa shape index (κ2) is 6.37. The second-order valence-corrected chi connectivity index (χ2v) is 5.94.